The van der Waals surface area contributed by atoms with E-state index in [-0.39, 0.29) is 11.5 Å². The van der Waals surface area contributed by atoms with Crippen LogP contribution in [0.4, 0.5) is 11.5 Å². The van der Waals surface area contributed by atoms with E-state index < -0.39 is 4.92 Å². The van der Waals surface area contributed by atoms with E-state index >= 15 is 0 Å². The van der Waals surface area contributed by atoms with Crippen LogP contribution in [0.2, 0.25) is 0 Å². The molecule has 0 saturated heterocycles. The summed E-state index contributed by atoms with van der Waals surface area (Å²) in [6.07, 6.45) is 5.00. The molecule has 0 aromatic carbocycles. The first-order valence-electron chi connectivity index (χ1n) is 5.83. The van der Waals surface area contributed by atoms with E-state index in [0.29, 0.717) is 18.7 Å². The minimum absolute atomic E-state index is 0.0684. The second-order valence-electron chi connectivity index (χ2n) is 3.84. The first-order chi connectivity index (χ1) is 9.22. The van der Waals surface area contributed by atoms with Gasteiger partial charge in [-0.05, 0) is 24.6 Å². The average molecular weight is 259 g/mol. The molecule has 19 heavy (non-hydrogen) atoms. The van der Waals surface area contributed by atoms with Crippen molar-refractivity contribution in [3.63, 3.8) is 0 Å². The molecule has 0 spiro atoms. The zero-order valence-electron chi connectivity index (χ0n) is 10.4. The molecule has 0 aliphatic heterocycles. The third-order valence-electron chi connectivity index (χ3n) is 2.55. The summed E-state index contributed by atoms with van der Waals surface area (Å²) in [7, 11) is 0. The Hall–Kier alpha value is -2.57. The smallest absolute Gasteiger partial charge is 0.332 e. The summed E-state index contributed by atoms with van der Waals surface area (Å²) in [5.41, 5.74) is 1.24. The molecule has 0 fully saturated rings. The molecule has 0 bridgehead atoms. The van der Waals surface area contributed by atoms with Gasteiger partial charge in [-0.15, -0.1) is 0 Å². The van der Waals surface area contributed by atoms with Crippen LogP contribution in [0.1, 0.15) is 18.2 Å². The fourth-order valence-electron chi connectivity index (χ4n) is 1.73. The van der Waals surface area contributed by atoms with Gasteiger partial charge < -0.3 is 5.32 Å². The third kappa shape index (κ3) is 3.01. The highest BCUT2D eigenvalue weighted by atomic mass is 16.6. The van der Waals surface area contributed by atoms with E-state index in [4.69, 9.17) is 0 Å². The summed E-state index contributed by atoms with van der Waals surface area (Å²) < 4.78 is 0. The van der Waals surface area contributed by atoms with Gasteiger partial charge >= 0.3 is 5.69 Å². The Labute approximate surface area is 109 Å². The Kier molecular flexibility index (Phi) is 3.97. The minimum atomic E-state index is -0.450. The summed E-state index contributed by atoms with van der Waals surface area (Å²) in [5.74, 6) is 0.256. The standard InChI is InChI=1S/C12H13N5O2/c1-2-14-12-11(17(18)19)10(15-8-16-12)7-9-3-5-13-6-4-9/h3-6,8H,2,7H2,1H3,(H,14,15,16). The van der Waals surface area contributed by atoms with Crippen LogP contribution in [0.3, 0.4) is 0 Å². The van der Waals surface area contributed by atoms with Crippen LogP contribution in [0.5, 0.6) is 0 Å². The molecule has 2 heterocycles. The van der Waals surface area contributed by atoms with Gasteiger partial charge in [-0.3, -0.25) is 15.1 Å². The van der Waals surface area contributed by atoms with E-state index in [0.717, 1.165) is 5.56 Å². The van der Waals surface area contributed by atoms with Gasteiger partial charge in [0.1, 0.15) is 12.0 Å². The Bertz CT molecular complexity index is 574. The SMILES string of the molecule is CCNc1ncnc(Cc2ccncc2)c1[N+](=O)[O-]. The lowest BCUT2D eigenvalue weighted by Crippen LogP contribution is -2.08. The summed E-state index contributed by atoms with van der Waals surface area (Å²) in [4.78, 5) is 22.6. The molecule has 0 unspecified atom stereocenters. The maximum atomic E-state index is 11.2. The monoisotopic (exact) mass is 259 g/mol. The molecule has 0 aliphatic carbocycles. The van der Waals surface area contributed by atoms with Crippen molar-refractivity contribution < 1.29 is 4.92 Å². The molecule has 7 heteroatoms. The number of anilines is 1. The van der Waals surface area contributed by atoms with Crippen molar-refractivity contribution in [2.75, 3.05) is 11.9 Å². The van der Waals surface area contributed by atoms with Gasteiger partial charge in [0, 0.05) is 25.4 Å². The second kappa shape index (κ2) is 5.85. The number of aromatic nitrogens is 3. The fourth-order valence-corrected chi connectivity index (χ4v) is 1.73. The van der Waals surface area contributed by atoms with Crippen LogP contribution in [0.25, 0.3) is 0 Å². The van der Waals surface area contributed by atoms with E-state index in [9.17, 15) is 10.1 Å². The lowest BCUT2D eigenvalue weighted by Gasteiger charge is -2.06. The molecule has 0 aliphatic rings. The molecule has 7 nitrogen and oxygen atoms in total. The van der Waals surface area contributed by atoms with Gasteiger partial charge in [-0.25, -0.2) is 9.97 Å². The van der Waals surface area contributed by atoms with Crippen LogP contribution < -0.4 is 5.32 Å². The van der Waals surface area contributed by atoms with E-state index in [1.165, 1.54) is 6.33 Å². The summed E-state index contributed by atoms with van der Waals surface area (Å²) in [6.45, 7) is 2.42. The number of nitrogens with zero attached hydrogens (tertiary/aromatic N) is 4. The maximum absolute atomic E-state index is 11.2. The van der Waals surface area contributed by atoms with Gasteiger partial charge in [0.25, 0.3) is 0 Å². The molecule has 0 atom stereocenters. The lowest BCUT2D eigenvalue weighted by atomic mass is 10.1. The van der Waals surface area contributed by atoms with Crippen molar-refractivity contribution in [3.05, 3.63) is 52.2 Å². The highest BCUT2D eigenvalue weighted by Gasteiger charge is 2.22. The molecule has 98 valence electrons. The third-order valence-corrected chi connectivity index (χ3v) is 2.55. The van der Waals surface area contributed by atoms with E-state index in [1.54, 1.807) is 24.5 Å². The number of hydrogen-bond donors (Lipinski definition) is 1. The fraction of sp³-hybridized carbons (Fsp3) is 0.250. The van der Waals surface area contributed by atoms with Crippen molar-refractivity contribution in [3.8, 4) is 0 Å². The summed E-state index contributed by atoms with van der Waals surface area (Å²) >= 11 is 0. The van der Waals surface area contributed by atoms with Crippen LogP contribution in [0.15, 0.2) is 30.9 Å². The zero-order valence-corrected chi connectivity index (χ0v) is 10.4. The molecular weight excluding hydrogens is 246 g/mol. The number of nitro groups is 1. The molecular formula is C12H13N5O2. The Balaban J connectivity index is 2.39. The molecule has 2 rings (SSSR count). The predicted molar refractivity (Wildman–Crippen MR) is 69.9 cm³/mol. The van der Waals surface area contributed by atoms with Crippen molar-refractivity contribution in [2.45, 2.75) is 13.3 Å². The molecule has 0 amide bonds. The second-order valence-corrected chi connectivity index (χ2v) is 3.84. The number of hydrogen-bond acceptors (Lipinski definition) is 6. The summed E-state index contributed by atoms with van der Waals surface area (Å²) in [5, 5.41) is 14.1. The molecule has 2 aromatic rings. The first kappa shape index (κ1) is 12.9. The van der Waals surface area contributed by atoms with Crippen molar-refractivity contribution >= 4 is 11.5 Å². The topological polar surface area (TPSA) is 93.8 Å². The quantitative estimate of drug-likeness (QED) is 0.650. The maximum Gasteiger partial charge on any atom is 0.332 e. The Morgan fingerprint density at radius 1 is 1.32 bits per heavy atom. The number of nitrogens with one attached hydrogen (secondary N) is 1. The van der Waals surface area contributed by atoms with Crippen molar-refractivity contribution in [2.24, 2.45) is 0 Å². The van der Waals surface area contributed by atoms with E-state index in [1.807, 2.05) is 6.92 Å². The van der Waals surface area contributed by atoms with Gasteiger partial charge in [-0.2, -0.15) is 0 Å². The van der Waals surface area contributed by atoms with Crippen molar-refractivity contribution in [1.29, 1.82) is 0 Å². The lowest BCUT2D eigenvalue weighted by molar-refractivity contribution is -0.385. The highest BCUT2D eigenvalue weighted by Crippen LogP contribution is 2.26. The molecule has 0 saturated carbocycles. The highest BCUT2D eigenvalue weighted by molar-refractivity contribution is 5.58. The van der Waals surface area contributed by atoms with Gasteiger partial charge in [0.05, 0.1) is 4.92 Å². The Morgan fingerprint density at radius 2 is 2.05 bits per heavy atom. The Morgan fingerprint density at radius 3 is 2.68 bits per heavy atom. The van der Waals surface area contributed by atoms with Crippen LogP contribution in [-0.4, -0.2) is 26.4 Å². The minimum Gasteiger partial charge on any atom is -0.365 e. The van der Waals surface area contributed by atoms with E-state index in [2.05, 4.69) is 20.3 Å². The number of pyridine rings is 1. The average Bonchev–Trinajstić information content (AvgIpc) is 2.40. The summed E-state index contributed by atoms with van der Waals surface area (Å²) in [6, 6.07) is 3.61. The normalized spacial score (nSPS) is 10.2. The van der Waals surface area contributed by atoms with Gasteiger partial charge in [0.2, 0.25) is 5.82 Å². The first-order valence-corrected chi connectivity index (χ1v) is 5.83. The molecule has 1 N–H and O–H groups in total. The zero-order chi connectivity index (χ0) is 13.7. The predicted octanol–water partition coefficient (Wildman–Crippen LogP) is 1.80. The van der Waals surface area contributed by atoms with Crippen molar-refractivity contribution in [1.82, 2.24) is 15.0 Å². The number of rotatable bonds is 5. The van der Waals surface area contributed by atoms with Crippen LogP contribution in [0, 0.1) is 10.1 Å². The molecule has 0 radical (unpaired) electrons. The largest absolute Gasteiger partial charge is 0.365 e. The van der Waals surface area contributed by atoms with Gasteiger partial charge in [0.15, 0.2) is 0 Å². The van der Waals surface area contributed by atoms with Crippen LogP contribution >= 0.6 is 0 Å². The van der Waals surface area contributed by atoms with Crippen LogP contribution in [-0.2, 0) is 6.42 Å². The van der Waals surface area contributed by atoms with Gasteiger partial charge in [-0.1, -0.05) is 0 Å². The molecule has 2 aromatic heterocycles.